The zero-order valence-electron chi connectivity index (χ0n) is 13.1. The molecule has 1 heterocycles. The molecule has 0 aliphatic rings. The van der Waals surface area contributed by atoms with Crippen molar-refractivity contribution in [2.75, 3.05) is 49.4 Å². The van der Waals surface area contributed by atoms with Crippen molar-refractivity contribution in [3.63, 3.8) is 0 Å². The Hall–Kier alpha value is -1.63. The number of rotatable bonds is 8. The van der Waals surface area contributed by atoms with Crippen LogP contribution in [-0.2, 0) is 0 Å². The second-order valence-electron chi connectivity index (χ2n) is 4.79. The second-order valence-corrected chi connectivity index (χ2v) is 4.79. The molecule has 2 N–H and O–H groups in total. The fourth-order valence-corrected chi connectivity index (χ4v) is 2.08. The summed E-state index contributed by atoms with van der Waals surface area (Å²) in [6.07, 6.45) is 1.96. The van der Waals surface area contributed by atoms with Crippen LogP contribution in [0.2, 0.25) is 0 Å². The number of aliphatic hydroxyl groups excluding tert-OH is 1. The van der Waals surface area contributed by atoms with Crippen molar-refractivity contribution in [2.45, 2.75) is 32.7 Å². The minimum Gasteiger partial charge on any atom is -0.395 e. The van der Waals surface area contributed by atoms with Crippen LogP contribution in [-0.4, -0.2) is 60.4 Å². The third kappa shape index (κ3) is 3.93. The van der Waals surface area contributed by atoms with Gasteiger partial charge in [0.1, 0.15) is 0 Å². The summed E-state index contributed by atoms with van der Waals surface area (Å²) >= 11 is 0. The summed E-state index contributed by atoms with van der Waals surface area (Å²) in [7, 11) is 5.57. The van der Waals surface area contributed by atoms with E-state index in [0.717, 1.165) is 12.8 Å². The Balaban J connectivity index is 3.20. The van der Waals surface area contributed by atoms with Crippen LogP contribution in [0, 0.1) is 0 Å². The Morgan fingerprint density at radius 1 is 1.10 bits per heavy atom. The van der Waals surface area contributed by atoms with Crippen molar-refractivity contribution in [3.05, 3.63) is 0 Å². The van der Waals surface area contributed by atoms with Crippen molar-refractivity contribution in [1.82, 2.24) is 15.0 Å². The predicted octanol–water partition coefficient (Wildman–Crippen LogP) is 0.967. The fourth-order valence-electron chi connectivity index (χ4n) is 2.08. The lowest BCUT2D eigenvalue weighted by Crippen LogP contribution is -2.38. The van der Waals surface area contributed by atoms with E-state index in [9.17, 15) is 5.11 Å². The van der Waals surface area contributed by atoms with Crippen LogP contribution in [0.25, 0.3) is 0 Å². The average Bonchev–Trinajstić information content (AvgIpc) is 2.46. The van der Waals surface area contributed by atoms with Gasteiger partial charge in [0.15, 0.2) is 0 Å². The number of nitrogens with zero attached hydrogens (tertiary/aromatic N) is 5. The molecule has 1 aromatic heterocycles. The molecule has 0 aliphatic heterocycles. The van der Waals surface area contributed by atoms with Gasteiger partial charge in [-0.1, -0.05) is 13.8 Å². The smallest absolute Gasteiger partial charge is 0.232 e. The molecule has 0 amide bonds. The maximum atomic E-state index is 9.30. The van der Waals surface area contributed by atoms with E-state index in [1.807, 2.05) is 19.0 Å². The molecule has 0 spiro atoms. The molecule has 0 radical (unpaired) electrons. The van der Waals surface area contributed by atoms with Crippen molar-refractivity contribution in [1.29, 1.82) is 0 Å². The second kappa shape index (κ2) is 7.84. The van der Waals surface area contributed by atoms with Gasteiger partial charge in [-0.2, -0.15) is 15.0 Å². The summed E-state index contributed by atoms with van der Waals surface area (Å²) < 4.78 is 0. The Bertz CT molecular complexity index is 408. The zero-order chi connectivity index (χ0) is 15.1. The van der Waals surface area contributed by atoms with Crippen molar-refractivity contribution >= 4 is 17.8 Å². The maximum Gasteiger partial charge on any atom is 0.232 e. The molecule has 0 saturated carbocycles. The Labute approximate surface area is 121 Å². The minimum atomic E-state index is 0.0777. The normalized spacial score (nSPS) is 10.8. The molecule has 7 heteroatoms. The molecular weight excluding hydrogens is 256 g/mol. The van der Waals surface area contributed by atoms with Gasteiger partial charge in [-0.05, 0) is 12.8 Å². The number of nitrogens with one attached hydrogen (secondary N) is 1. The topological polar surface area (TPSA) is 77.4 Å². The van der Waals surface area contributed by atoms with Gasteiger partial charge < -0.3 is 20.2 Å². The summed E-state index contributed by atoms with van der Waals surface area (Å²) in [5.74, 6) is 1.75. The van der Waals surface area contributed by atoms with E-state index >= 15 is 0 Å². The number of hydrogen-bond acceptors (Lipinski definition) is 7. The van der Waals surface area contributed by atoms with E-state index in [2.05, 4.69) is 39.0 Å². The molecule has 1 rings (SSSR count). The molecule has 114 valence electrons. The van der Waals surface area contributed by atoms with E-state index in [0.29, 0.717) is 30.4 Å². The molecule has 0 atom stereocenters. The van der Waals surface area contributed by atoms with Crippen molar-refractivity contribution in [2.24, 2.45) is 0 Å². The van der Waals surface area contributed by atoms with Crippen molar-refractivity contribution in [3.8, 4) is 0 Å². The van der Waals surface area contributed by atoms with Gasteiger partial charge in [-0.3, -0.25) is 0 Å². The van der Waals surface area contributed by atoms with Gasteiger partial charge in [0.05, 0.1) is 6.61 Å². The SMILES string of the molecule is CCC(CC)N(CCO)c1nc(NC)nc(N(C)C)n1. The van der Waals surface area contributed by atoms with Gasteiger partial charge in [-0.15, -0.1) is 0 Å². The minimum absolute atomic E-state index is 0.0777. The van der Waals surface area contributed by atoms with Crippen LogP contribution in [0.5, 0.6) is 0 Å². The molecule has 0 unspecified atom stereocenters. The first-order valence-electron chi connectivity index (χ1n) is 7.05. The largest absolute Gasteiger partial charge is 0.395 e. The van der Waals surface area contributed by atoms with Crippen LogP contribution in [0.1, 0.15) is 26.7 Å². The number of anilines is 3. The summed E-state index contributed by atoms with van der Waals surface area (Å²) in [5.41, 5.74) is 0. The first kappa shape index (κ1) is 16.4. The van der Waals surface area contributed by atoms with Crippen LogP contribution in [0.3, 0.4) is 0 Å². The van der Waals surface area contributed by atoms with Crippen molar-refractivity contribution < 1.29 is 5.11 Å². The summed E-state index contributed by atoms with van der Waals surface area (Å²) in [6, 6.07) is 0.310. The zero-order valence-corrected chi connectivity index (χ0v) is 13.1. The van der Waals surface area contributed by atoms with Gasteiger partial charge in [0.2, 0.25) is 17.8 Å². The van der Waals surface area contributed by atoms with Gasteiger partial charge in [-0.25, -0.2) is 0 Å². The molecule has 1 aromatic rings. The monoisotopic (exact) mass is 282 g/mol. The lowest BCUT2D eigenvalue weighted by atomic mass is 10.1. The Kier molecular flexibility index (Phi) is 6.44. The molecule has 0 bridgehead atoms. The quantitative estimate of drug-likeness (QED) is 0.735. The fraction of sp³-hybridized carbons (Fsp3) is 0.769. The van der Waals surface area contributed by atoms with Gasteiger partial charge in [0, 0.05) is 33.7 Å². The molecule has 0 fully saturated rings. The standard InChI is InChI=1S/C13H26N6O/c1-6-10(7-2)19(8-9-20)13-16-11(14-3)15-12(17-13)18(4)5/h10,20H,6-9H2,1-5H3,(H,14,15,16,17). The highest BCUT2D eigenvalue weighted by atomic mass is 16.3. The van der Waals surface area contributed by atoms with Gasteiger partial charge in [0.25, 0.3) is 0 Å². The lowest BCUT2D eigenvalue weighted by Gasteiger charge is -2.30. The van der Waals surface area contributed by atoms with E-state index in [4.69, 9.17) is 0 Å². The molecule has 7 nitrogen and oxygen atoms in total. The highest BCUT2D eigenvalue weighted by molar-refractivity contribution is 5.44. The van der Waals surface area contributed by atoms with E-state index in [1.165, 1.54) is 0 Å². The number of hydrogen-bond donors (Lipinski definition) is 2. The molecule has 0 aromatic carbocycles. The first-order valence-corrected chi connectivity index (χ1v) is 7.05. The molecular formula is C13H26N6O. The Morgan fingerprint density at radius 3 is 2.15 bits per heavy atom. The highest BCUT2D eigenvalue weighted by Crippen LogP contribution is 2.19. The third-order valence-electron chi connectivity index (χ3n) is 3.22. The maximum absolute atomic E-state index is 9.30. The third-order valence-corrected chi connectivity index (χ3v) is 3.22. The van der Waals surface area contributed by atoms with Crippen LogP contribution < -0.4 is 15.1 Å². The first-order chi connectivity index (χ1) is 9.57. The predicted molar refractivity (Wildman–Crippen MR) is 82.5 cm³/mol. The number of aliphatic hydroxyl groups is 1. The van der Waals surface area contributed by atoms with E-state index < -0.39 is 0 Å². The number of aromatic nitrogens is 3. The highest BCUT2D eigenvalue weighted by Gasteiger charge is 2.20. The average molecular weight is 282 g/mol. The van der Waals surface area contributed by atoms with Crippen LogP contribution in [0.4, 0.5) is 17.8 Å². The van der Waals surface area contributed by atoms with E-state index in [-0.39, 0.29) is 6.61 Å². The lowest BCUT2D eigenvalue weighted by molar-refractivity contribution is 0.295. The summed E-state index contributed by atoms with van der Waals surface area (Å²) in [6.45, 7) is 4.86. The van der Waals surface area contributed by atoms with Crippen LogP contribution >= 0.6 is 0 Å². The summed E-state index contributed by atoms with van der Waals surface area (Å²) in [5, 5.41) is 12.3. The van der Waals surface area contributed by atoms with Gasteiger partial charge >= 0.3 is 0 Å². The molecule has 20 heavy (non-hydrogen) atoms. The molecule has 0 saturated heterocycles. The summed E-state index contributed by atoms with van der Waals surface area (Å²) in [4.78, 5) is 17.1. The van der Waals surface area contributed by atoms with E-state index in [1.54, 1.807) is 7.05 Å². The van der Waals surface area contributed by atoms with Crippen LogP contribution in [0.15, 0.2) is 0 Å². The Morgan fingerprint density at radius 2 is 1.70 bits per heavy atom. The molecule has 0 aliphatic carbocycles.